The first-order valence-corrected chi connectivity index (χ1v) is 13.6. The number of piperazine rings is 1. The second kappa shape index (κ2) is 9.54. The average molecular weight is 507 g/mol. The lowest BCUT2D eigenvalue weighted by Crippen LogP contribution is -2.48. The van der Waals surface area contributed by atoms with Gasteiger partial charge in [-0.2, -0.15) is 0 Å². The topological polar surface area (TPSA) is 77.8 Å². The molecule has 190 valence electrons. The molecule has 0 radical (unpaired) electrons. The largest absolute Gasteiger partial charge is 0.459 e. The minimum absolute atomic E-state index is 0.0491. The van der Waals surface area contributed by atoms with E-state index in [0.29, 0.717) is 30.4 Å². The van der Waals surface area contributed by atoms with Crippen LogP contribution >= 0.6 is 12.2 Å². The van der Waals surface area contributed by atoms with E-state index in [9.17, 15) is 9.59 Å². The molecule has 36 heavy (non-hydrogen) atoms. The van der Waals surface area contributed by atoms with Crippen LogP contribution < -0.4 is 15.5 Å². The third-order valence-electron chi connectivity index (χ3n) is 8.74. The summed E-state index contributed by atoms with van der Waals surface area (Å²) in [6.07, 6.45) is 9.95. The number of anilines is 2. The fraction of sp³-hybridized carbons (Fsp3) is 0.536. The first kappa shape index (κ1) is 23.5. The Morgan fingerprint density at radius 3 is 2.17 bits per heavy atom. The second-order valence-electron chi connectivity index (χ2n) is 11.4. The number of nitrogens with one attached hydrogen (secondary N) is 2. The molecule has 1 aromatic carbocycles. The van der Waals surface area contributed by atoms with Crippen molar-refractivity contribution in [2.75, 3.05) is 36.4 Å². The van der Waals surface area contributed by atoms with Gasteiger partial charge in [0.15, 0.2) is 10.9 Å². The standard InChI is InChI=1S/C28H34N4O3S/c33-25(18-28-15-19-12-20(16-28)14-21(13-19)17-28)30-27(36)29-22-3-5-23(6-4-22)31-7-9-32(10-8-31)26(34)24-2-1-11-35-24/h1-6,11,19-21H,7-10,12-18H2,(H2,29,30,33,36). The number of benzene rings is 1. The molecule has 7 nitrogen and oxygen atoms in total. The Morgan fingerprint density at radius 1 is 0.944 bits per heavy atom. The molecule has 1 saturated heterocycles. The molecular formula is C28H34N4O3S. The number of thiocarbonyl (C=S) groups is 1. The van der Waals surface area contributed by atoms with Crippen molar-refractivity contribution in [2.24, 2.45) is 23.2 Å². The summed E-state index contributed by atoms with van der Waals surface area (Å²) in [6, 6.07) is 11.5. The van der Waals surface area contributed by atoms with Crippen LogP contribution in [0.5, 0.6) is 0 Å². The van der Waals surface area contributed by atoms with Gasteiger partial charge in [-0.3, -0.25) is 9.59 Å². The van der Waals surface area contributed by atoms with Crippen LogP contribution in [0.3, 0.4) is 0 Å². The molecule has 2 aromatic rings. The van der Waals surface area contributed by atoms with Gasteiger partial charge in [-0.15, -0.1) is 0 Å². The van der Waals surface area contributed by atoms with Gasteiger partial charge in [0.25, 0.3) is 5.91 Å². The van der Waals surface area contributed by atoms with Crippen molar-refractivity contribution in [3.63, 3.8) is 0 Å². The van der Waals surface area contributed by atoms with Crippen LogP contribution in [-0.2, 0) is 4.79 Å². The first-order valence-electron chi connectivity index (χ1n) is 13.2. The zero-order valence-corrected chi connectivity index (χ0v) is 21.4. The summed E-state index contributed by atoms with van der Waals surface area (Å²) in [7, 11) is 0. The summed E-state index contributed by atoms with van der Waals surface area (Å²) in [4.78, 5) is 29.4. The van der Waals surface area contributed by atoms with E-state index in [1.165, 1.54) is 44.8 Å². The molecule has 4 aliphatic carbocycles. The Balaban J connectivity index is 0.976. The van der Waals surface area contributed by atoms with E-state index >= 15 is 0 Å². The smallest absolute Gasteiger partial charge is 0.289 e. The van der Waals surface area contributed by atoms with Gasteiger partial charge in [0, 0.05) is 44.0 Å². The van der Waals surface area contributed by atoms with Gasteiger partial charge in [-0.25, -0.2) is 0 Å². The molecule has 4 saturated carbocycles. The van der Waals surface area contributed by atoms with Gasteiger partial charge in [0.05, 0.1) is 6.26 Å². The number of carbonyl (C=O) groups excluding carboxylic acids is 2. The highest BCUT2D eigenvalue weighted by Crippen LogP contribution is 2.61. The van der Waals surface area contributed by atoms with Crippen molar-refractivity contribution >= 4 is 40.5 Å². The normalized spacial score (nSPS) is 28.7. The Bertz CT molecular complexity index is 1090. The van der Waals surface area contributed by atoms with Gasteiger partial charge < -0.3 is 24.9 Å². The van der Waals surface area contributed by atoms with Crippen molar-refractivity contribution in [1.29, 1.82) is 0 Å². The van der Waals surface area contributed by atoms with Crippen molar-refractivity contribution in [1.82, 2.24) is 10.2 Å². The second-order valence-corrected chi connectivity index (χ2v) is 11.8. The van der Waals surface area contributed by atoms with Gasteiger partial charge in [-0.05, 0) is 110 Å². The molecule has 0 unspecified atom stereocenters. The van der Waals surface area contributed by atoms with E-state index in [1.54, 1.807) is 12.1 Å². The minimum atomic E-state index is -0.0575. The number of amides is 2. The molecule has 0 spiro atoms. The van der Waals surface area contributed by atoms with E-state index in [-0.39, 0.29) is 17.2 Å². The van der Waals surface area contributed by atoms with Crippen LogP contribution in [-0.4, -0.2) is 48.0 Å². The van der Waals surface area contributed by atoms with Crippen LogP contribution in [0, 0.1) is 23.2 Å². The molecule has 2 amide bonds. The fourth-order valence-electron chi connectivity index (χ4n) is 7.66. The van der Waals surface area contributed by atoms with Gasteiger partial charge in [-0.1, -0.05) is 0 Å². The predicted octanol–water partition coefficient (Wildman–Crippen LogP) is 4.66. The number of nitrogens with zero attached hydrogens (tertiary/aromatic N) is 2. The van der Waals surface area contributed by atoms with E-state index in [2.05, 4.69) is 15.5 Å². The van der Waals surface area contributed by atoms with Crippen molar-refractivity contribution in [3.8, 4) is 0 Å². The highest BCUT2D eigenvalue weighted by Gasteiger charge is 2.51. The number of hydrogen-bond acceptors (Lipinski definition) is 5. The molecule has 7 rings (SSSR count). The zero-order valence-electron chi connectivity index (χ0n) is 20.6. The summed E-state index contributed by atoms with van der Waals surface area (Å²) < 4.78 is 5.24. The molecule has 5 aliphatic rings. The highest BCUT2D eigenvalue weighted by atomic mass is 32.1. The third kappa shape index (κ3) is 4.88. The molecule has 4 bridgehead atoms. The van der Waals surface area contributed by atoms with Crippen molar-refractivity contribution < 1.29 is 14.0 Å². The van der Waals surface area contributed by atoms with Gasteiger partial charge in [0.1, 0.15) is 0 Å². The maximum absolute atomic E-state index is 12.9. The third-order valence-corrected chi connectivity index (χ3v) is 8.95. The van der Waals surface area contributed by atoms with E-state index in [1.807, 2.05) is 29.2 Å². The monoisotopic (exact) mass is 506 g/mol. The lowest BCUT2D eigenvalue weighted by atomic mass is 9.49. The average Bonchev–Trinajstić information content (AvgIpc) is 3.38. The lowest BCUT2D eigenvalue weighted by Gasteiger charge is -2.56. The van der Waals surface area contributed by atoms with Gasteiger partial charge in [0.2, 0.25) is 5.91 Å². The highest BCUT2D eigenvalue weighted by molar-refractivity contribution is 7.80. The summed E-state index contributed by atoms with van der Waals surface area (Å²) in [5, 5.41) is 6.46. The quantitative estimate of drug-likeness (QED) is 0.575. The number of hydrogen-bond donors (Lipinski definition) is 2. The molecule has 1 aromatic heterocycles. The number of carbonyl (C=O) groups is 2. The Hall–Kier alpha value is -2.87. The van der Waals surface area contributed by atoms with Gasteiger partial charge >= 0.3 is 0 Å². The summed E-state index contributed by atoms with van der Waals surface area (Å²) >= 11 is 5.45. The van der Waals surface area contributed by atoms with Crippen LogP contribution in [0.1, 0.15) is 55.5 Å². The van der Waals surface area contributed by atoms with Crippen LogP contribution in [0.25, 0.3) is 0 Å². The van der Waals surface area contributed by atoms with Crippen LogP contribution in [0.2, 0.25) is 0 Å². The van der Waals surface area contributed by atoms with Crippen LogP contribution in [0.4, 0.5) is 11.4 Å². The summed E-state index contributed by atoms with van der Waals surface area (Å²) in [5.74, 6) is 2.90. The zero-order chi connectivity index (χ0) is 24.7. The Morgan fingerprint density at radius 2 is 1.58 bits per heavy atom. The van der Waals surface area contributed by atoms with Crippen molar-refractivity contribution in [3.05, 3.63) is 48.4 Å². The maximum Gasteiger partial charge on any atom is 0.289 e. The molecular weight excluding hydrogens is 472 g/mol. The fourth-order valence-corrected chi connectivity index (χ4v) is 7.89. The summed E-state index contributed by atoms with van der Waals surface area (Å²) in [6.45, 7) is 2.83. The lowest BCUT2D eigenvalue weighted by molar-refractivity contribution is -0.127. The Kier molecular flexibility index (Phi) is 6.23. The van der Waals surface area contributed by atoms with E-state index in [0.717, 1.165) is 42.2 Å². The molecule has 2 N–H and O–H groups in total. The minimum Gasteiger partial charge on any atom is -0.459 e. The maximum atomic E-state index is 12.9. The molecule has 8 heteroatoms. The van der Waals surface area contributed by atoms with Crippen molar-refractivity contribution in [2.45, 2.75) is 44.9 Å². The number of furan rings is 1. The molecule has 2 heterocycles. The SMILES string of the molecule is O=C(CC12CC3CC(CC(C3)C1)C2)NC(=S)Nc1ccc(N2CCN(C(=O)c3ccco3)CC2)cc1. The van der Waals surface area contributed by atoms with E-state index in [4.69, 9.17) is 16.6 Å². The predicted molar refractivity (Wildman–Crippen MR) is 143 cm³/mol. The molecule has 1 aliphatic heterocycles. The molecule has 0 atom stereocenters. The Labute approximate surface area is 217 Å². The van der Waals surface area contributed by atoms with E-state index < -0.39 is 0 Å². The number of rotatable bonds is 5. The van der Waals surface area contributed by atoms with Crippen LogP contribution in [0.15, 0.2) is 47.1 Å². The molecule has 5 fully saturated rings. The summed E-state index contributed by atoms with van der Waals surface area (Å²) in [5.41, 5.74) is 2.16. The first-order chi connectivity index (χ1) is 17.4.